The van der Waals surface area contributed by atoms with Gasteiger partial charge in [-0.3, -0.25) is 4.79 Å². The highest BCUT2D eigenvalue weighted by molar-refractivity contribution is 5.69. The Hall–Kier alpha value is -1.65. The Labute approximate surface area is 267 Å². The Morgan fingerprint density at radius 2 is 0.977 bits per heavy atom. The average molecular weight is 603 g/mol. The number of unbranched alkanes of at least 4 members (excludes halogenated alkanes) is 17. The lowest BCUT2D eigenvalue weighted by molar-refractivity contribution is -0.154. The van der Waals surface area contributed by atoms with Gasteiger partial charge in [-0.15, -0.1) is 0 Å². The second-order valence-corrected chi connectivity index (χ2v) is 11.9. The summed E-state index contributed by atoms with van der Waals surface area (Å²) >= 11 is 0. The molecule has 250 valence electrons. The number of ether oxygens (including phenoxy) is 2. The SMILES string of the molecule is CCCCCC=CCC=CCC=CCC=CCCCC(=O)OC(CO)COCCCCCCCCCCCCCCCC. The molecule has 1 atom stereocenters. The van der Waals surface area contributed by atoms with Crippen LogP contribution < -0.4 is 0 Å². The van der Waals surface area contributed by atoms with Gasteiger partial charge in [0, 0.05) is 13.0 Å². The minimum atomic E-state index is -0.560. The maximum absolute atomic E-state index is 12.1. The smallest absolute Gasteiger partial charge is 0.306 e. The van der Waals surface area contributed by atoms with E-state index in [4.69, 9.17) is 9.47 Å². The summed E-state index contributed by atoms with van der Waals surface area (Å²) in [6.07, 6.45) is 45.8. The highest BCUT2D eigenvalue weighted by Crippen LogP contribution is 2.13. The van der Waals surface area contributed by atoms with E-state index in [1.54, 1.807) is 0 Å². The number of allylic oxidation sites excluding steroid dienone is 8. The molecule has 0 aromatic heterocycles. The van der Waals surface area contributed by atoms with Gasteiger partial charge in [0.2, 0.25) is 0 Å². The highest BCUT2D eigenvalue weighted by Gasteiger charge is 2.13. The molecule has 0 amide bonds. The van der Waals surface area contributed by atoms with Crippen molar-refractivity contribution in [3.63, 3.8) is 0 Å². The van der Waals surface area contributed by atoms with Crippen molar-refractivity contribution in [1.29, 1.82) is 0 Å². The lowest BCUT2D eigenvalue weighted by atomic mass is 10.0. The summed E-state index contributed by atoms with van der Waals surface area (Å²) in [6, 6.07) is 0. The van der Waals surface area contributed by atoms with Crippen LogP contribution in [-0.4, -0.2) is 37.0 Å². The predicted molar refractivity (Wildman–Crippen MR) is 187 cm³/mol. The molecule has 0 saturated carbocycles. The second kappa shape index (κ2) is 36.5. The number of hydrogen-bond acceptors (Lipinski definition) is 4. The molecule has 0 fully saturated rings. The first-order valence-electron chi connectivity index (χ1n) is 18.2. The number of rotatable bonds is 33. The van der Waals surface area contributed by atoms with E-state index in [0.717, 1.165) is 38.5 Å². The fourth-order valence-corrected chi connectivity index (χ4v) is 4.91. The van der Waals surface area contributed by atoms with E-state index in [-0.39, 0.29) is 19.2 Å². The Morgan fingerprint density at radius 1 is 0.558 bits per heavy atom. The Kier molecular flexibility index (Phi) is 35.1. The Bertz CT molecular complexity index is 679. The number of carbonyl (C=O) groups excluding carboxylic acids is 1. The molecule has 0 aromatic carbocycles. The van der Waals surface area contributed by atoms with E-state index in [2.05, 4.69) is 62.5 Å². The van der Waals surface area contributed by atoms with Crippen LogP contribution >= 0.6 is 0 Å². The lowest BCUT2D eigenvalue weighted by Crippen LogP contribution is -2.27. The zero-order valence-corrected chi connectivity index (χ0v) is 28.5. The van der Waals surface area contributed by atoms with E-state index >= 15 is 0 Å². The molecular formula is C39H70O4. The van der Waals surface area contributed by atoms with Crippen molar-refractivity contribution >= 4 is 5.97 Å². The molecule has 0 aliphatic rings. The first-order chi connectivity index (χ1) is 21.2. The predicted octanol–water partition coefficient (Wildman–Crippen LogP) is 11.5. The van der Waals surface area contributed by atoms with Gasteiger partial charge in [-0.05, 0) is 51.4 Å². The Balaban J connectivity index is 3.56. The van der Waals surface area contributed by atoms with Crippen LogP contribution in [-0.2, 0) is 14.3 Å². The summed E-state index contributed by atoms with van der Waals surface area (Å²) < 4.78 is 11.1. The van der Waals surface area contributed by atoms with Gasteiger partial charge in [-0.2, -0.15) is 0 Å². The van der Waals surface area contributed by atoms with Gasteiger partial charge in [0.15, 0.2) is 0 Å². The third-order valence-corrected chi connectivity index (χ3v) is 7.66. The standard InChI is InChI=1S/C39H70O4/c1-3-5-7-9-11-13-15-17-19-20-21-22-24-26-28-30-32-34-39(41)43-38(36-40)37-42-35-33-31-29-27-25-23-18-16-14-12-10-8-6-4-2/h11,13,17,19,21-22,26,28,38,40H,3-10,12,14-16,18,20,23-25,27,29-37H2,1-2H3. The topological polar surface area (TPSA) is 55.8 Å². The summed E-state index contributed by atoms with van der Waals surface area (Å²) in [7, 11) is 0. The maximum Gasteiger partial charge on any atom is 0.306 e. The van der Waals surface area contributed by atoms with Crippen LogP contribution in [0, 0.1) is 0 Å². The molecule has 0 bridgehead atoms. The highest BCUT2D eigenvalue weighted by atomic mass is 16.6. The third-order valence-electron chi connectivity index (χ3n) is 7.66. The molecule has 1 unspecified atom stereocenters. The van der Waals surface area contributed by atoms with Crippen molar-refractivity contribution in [3.05, 3.63) is 48.6 Å². The van der Waals surface area contributed by atoms with Crippen molar-refractivity contribution in [2.24, 2.45) is 0 Å². The van der Waals surface area contributed by atoms with Crippen molar-refractivity contribution < 1.29 is 19.4 Å². The van der Waals surface area contributed by atoms with Crippen LogP contribution in [0.3, 0.4) is 0 Å². The van der Waals surface area contributed by atoms with Crippen LogP contribution in [0.25, 0.3) is 0 Å². The second-order valence-electron chi connectivity index (χ2n) is 11.9. The molecular weight excluding hydrogens is 532 g/mol. The fraction of sp³-hybridized carbons (Fsp3) is 0.769. The number of esters is 1. The van der Waals surface area contributed by atoms with E-state index in [1.807, 2.05) is 0 Å². The van der Waals surface area contributed by atoms with Crippen LogP contribution in [0.15, 0.2) is 48.6 Å². The van der Waals surface area contributed by atoms with Gasteiger partial charge in [-0.25, -0.2) is 0 Å². The molecule has 4 heteroatoms. The fourth-order valence-electron chi connectivity index (χ4n) is 4.91. The van der Waals surface area contributed by atoms with Gasteiger partial charge in [0.25, 0.3) is 0 Å². The molecule has 4 nitrogen and oxygen atoms in total. The number of aliphatic hydroxyl groups is 1. The normalized spacial score (nSPS) is 12.9. The molecule has 0 aliphatic heterocycles. The van der Waals surface area contributed by atoms with Crippen molar-refractivity contribution in [2.45, 2.75) is 174 Å². The van der Waals surface area contributed by atoms with Crippen molar-refractivity contribution in [2.75, 3.05) is 19.8 Å². The number of aliphatic hydroxyl groups excluding tert-OH is 1. The minimum Gasteiger partial charge on any atom is -0.457 e. The van der Waals surface area contributed by atoms with Gasteiger partial charge in [0.05, 0.1) is 13.2 Å². The van der Waals surface area contributed by atoms with Gasteiger partial charge >= 0.3 is 5.97 Å². The maximum atomic E-state index is 12.1. The third kappa shape index (κ3) is 34.7. The van der Waals surface area contributed by atoms with Crippen LogP contribution in [0.4, 0.5) is 0 Å². The molecule has 0 radical (unpaired) electrons. The monoisotopic (exact) mass is 603 g/mol. The van der Waals surface area contributed by atoms with Crippen LogP contribution in [0.2, 0.25) is 0 Å². The van der Waals surface area contributed by atoms with Crippen LogP contribution in [0.5, 0.6) is 0 Å². The number of carbonyl (C=O) groups is 1. The summed E-state index contributed by atoms with van der Waals surface area (Å²) in [4.78, 5) is 12.1. The average Bonchev–Trinajstić information content (AvgIpc) is 3.01. The van der Waals surface area contributed by atoms with E-state index in [9.17, 15) is 9.90 Å². The van der Waals surface area contributed by atoms with E-state index in [0.29, 0.717) is 13.0 Å². The molecule has 0 rings (SSSR count). The first-order valence-corrected chi connectivity index (χ1v) is 18.2. The summed E-state index contributed by atoms with van der Waals surface area (Å²) in [5.74, 6) is -0.255. The first kappa shape index (κ1) is 41.4. The van der Waals surface area contributed by atoms with Gasteiger partial charge < -0.3 is 14.6 Å². The molecule has 1 N–H and O–H groups in total. The molecule has 0 saturated heterocycles. The molecule has 0 heterocycles. The van der Waals surface area contributed by atoms with Crippen molar-refractivity contribution in [1.82, 2.24) is 0 Å². The molecule has 0 aromatic rings. The lowest BCUT2D eigenvalue weighted by Gasteiger charge is -2.15. The molecule has 0 aliphatic carbocycles. The van der Waals surface area contributed by atoms with Gasteiger partial charge in [0.1, 0.15) is 6.10 Å². The molecule has 43 heavy (non-hydrogen) atoms. The minimum absolute atomic E-state index is 0.193. The largest absolute Gasteiger partial charge is 0.457 e. The zero-order valence-electron chi connectivity index (χ0n) is 28.5. The summed E-state index contributed by atoms with van der Waals surface area (Å²) in [5, 5.41) is 9.54. The van der Waals surface area contributed by atoms with Gasteiger partial charge in [-0.1, -0.05) is 159 Å². The summed E-state index contributed by atoms with van der Waals surface area (Å²) in [6.45, 7) is 5.26. The quantitative estimate of drug-likeness (QED) is 0.0461. The molecule has 0 spiro atoms. The van der Waals surface area contributed by atoms with E-state index < -0.39 is 6.10 Å². The van der Waals surface area contributed by atoms with E-state index in [1.165, 1.54) is 109 Å². The number of hydrogen-bond donors (Lipinski definition) is 1. The Morgan fingerprint density at radius 3 is 1.47 bits per heavy atom. The zero-order chi connectivity index (χ0) is 31.3. The van der Waals surface area contributed by atoms with Crippen LogP contribution in [0.1, 0.15) is 168 Å². The summed E-state index contributed by atoms with van der Waals surface area (Å²) in [5.41, 5.74) is 0. The van der Waals surface area contributed by atoms with Crippen molar-refractivity contribution in [3.8, 4) is 0 Å².